The van der Waals surface area contributed by atoms with Gasteiger partial charge in [0.1, 0.15) is 0 Å². The first kappa shape index (κ1) is 11.5. The molecule has 1 amide bonds. The highest BCUT2D eigenvalue weighted by atomic mass is 16.2. The summed E-state index contributed by atoms with van der Waals surface area (Å²) in [5, 5.41) is 3.23. The van der Waals surface area contributed by atoms with Crippen LogP contribution in [-0.4, -0.2) is 36.5 Å². The van der Waals surface area contributed by atoms with Crippen molar-refractivity contribution >= 4 is 5.91 Å². The summed E-state index contributed by atoms with van der Waals surface area (Å²) >= 11 is 0. The Kier molecular flexibility index (Phi) is 4.39. The van der Waals surface area contributed by atoms with Crippen LogP contribution in [0.3, 0.4) is 0 Å². The number of nitrogens with one attached hydrogen (secondary N) is 1. The minimum absolute atomic E-state index is 0.225. The number of hydrogen-bond donors (Lipinski definition) is 1. The molecule has 14 heavy (non-hydrogen) atoms. The third-order valence-corrected chi connectivity index (χ3v) is 2.69. The zero-order valence-electron chi connectivity index (χ0n) is 9.55. The van der Waals surface area contributed by atoms with E-state index in [4.69, 9.17) is 0 Å². The molecule has 1 aliphatic rings. The van der Waals surface area contributed by atoms with Crippen LogP contribution < -0.4 is 5.32 Å². The van der Waals surface area contributed by atoms with Crippen molar-refractivity contribution in [3.63, 3.8) is 0 Å². The quantitative estimate of drug-likeness (QED) is 0.696. The Bertz CT molecular complexity index is 188. The summed E-state index contributed by atoms with van der Waals surface area (Å²) < 4.78 is 0. The molecule has 3 nitrogen and oxygen atoms in total. The molecule has 0 unspecified atom stereocenters. The van der Waals surface area contributed by atoms with Crippen molar-refractivity contribution < 1.29 is 4.79 Å². The summed E-state index contributed by atoms with van der Waals surface area (Å²) in [4.78, 5) is 13.6. The minimum Gasteiger partial charge on any atom is -0.339 e. The lowest BCUT2D eigenvalue weighted by Gasteiger charge is -2.25. The van der Waals surface area contributed by atoms with Crippen molar-refractivity contribution in [1.82, 2.24) is 10.2 Å². The Hall–Kier alpha value is -0.570. The fourth-order valence-electron chi connectivity index (χ4n) is 1.64. The van der Waals surface area contributed by atoms with Crippen molar-refractivity contribution in [2.24, 2.45) is 5.92 Å². The van der Waals surface area contributed by atoms with Crippen LogP contribution >= 0.6 is 0 Å². The predicted molar refractivity (Wildman–Crippen MR) is 58.1 cm³/mol. The largest absolute Gasteiger partial charge is 0.339 e. The molecule has 0 aromatic heterocycles. The molecule has 0 bridgehead atoms. The lowest BCUT2D eigenvalue weighted by molar-refractivity contribution is -0.131. The van der Waals surface area contributed by atoms with Crippen LogP contribution in [0.4, 0.5) is 0 Å². The van der Waals surface area contributed by atoms with Gasteiger partial charge >= 0.3 is 0 Å². The smallest absolute Gasteiger partial charge is 0.236 e. The second kappa shape index (κ2) is 5.35. The molecule has 0 aromatic carbocycles. The maximum atomic E-state index is 11.7. The first-order valence-corrected chi connectivity index (χ1v) is 5.65. The molecule has 3 heteroatoms. The lowest BCUT2D eigenvalue weighted by Crippen LogP contribution is -2.42. The molecule has 1 aliphatic carbocycles. The highest BCUT2D eigenvalue weighted by Gasteiger charge is 2.21. The van der Waals surface area contributed by atoms with Gasteiger partial charge in [-0.1, -0.05) is 0 Å². The van der Waals surface area contributed by atoms with Gasteiger partial charge in [0.15, 0.2) is 0 Å². The first-order chi connectivity index (χ1) is 6.65. The van der Waals surface area contributed by atoms with Gasteiger partial charge in [0.2, 0.25) is 5.91 Å². The van der Waals surface area contributed by atoms with E-state index in [2.05, 4.69) is 19.2 Å². The van der Waals surface area contributed by atoms with Crippen LogP contribution in [0.2, 0.25) is 0 Å². The van der Waals surface area contributed by atoms with Crippen molar-refractivity contribution in [1.29, 1.82) is 0 Å². The number of amides is 1. The number of nitrogens with zero attached hydrogens (tertiary/aromatic N) is 1. The van der Waals surface area contributed by atoms with Gasteiger partial charge in [0.25, 0.3) is 0 Å². The molecule has 0 radical (unpaired) electrons. The van der Waals surface area contributed by atoms with Gasteiger partial charge in [0.05, 0.1) is 6.54 Å². The zero-order chi connectivity index (χ0) is 10.6. The molecule has 1 fully saturated rings. The number of carbonyl (C=O) groups excluding carboxylic acids is 1. The standard InChI is InChI=1S/C11H22N2O/c1-4-13(9(2)3)11(14)8-12-7-10-5-6-10/h9-10,12H,4-8H2,1-3H3. The Morgan fingerprint density at radius 1 is 1.50 bits per heavy atom. The SMILES string of the molecule is CCN(C(=O)CNCC1CC1)C(C)C. The average Bonchev–Trinajstić information content (AvgIpc) is 2.88. The second-order valence-electron chi connectivity index (χ2n) is 4.35. The molecule has 1 rings (SSSR count). The monoisotopic (exact) mass is 198 g/mol. The van der Waals surface area contributed by atoms with E-state index in [1.165, 1.54) is 12.8 Å². The molecule has 0 aromatic rings. The summed E-state index contributed by atoms with van der Waals surface area (Å²) in [6, 6.07) is 0.315. The minimum atomic E-state index is 0.225. The summed E-state index contributed by atoms with van der Waals surface area (Å²) in [5.74, 6) is 1.07. The Labute approximate surface area is 86.9 Å². The summed E-state index contributed by atoms with van der Waals surface area (Å²) in [5.41, 5.74) is 0. The predicted octanol–water partition coefficient (Wildman–Crippen LogP) is 1.24. The van der Waals surface area contributed by atoms with Crippen LogP contribution in [0.25, 0.3) is 0 Å². The molecule has 0 aliphatic heterocycles. The second-order valence-corrected chi connectivity index (χ2v) is 4.35. The molecule has 82 valence electrons. The van der Waals surface area contributed by atoms with E-state index < -0.39 is 0 Å². The van der Waals surface area contributed by atoms with Crippen LogP contribution in [0.15, 0.2) is 0 Å². The van der Waals surface area contributed by atoms with Crippen molar-refractivity contribution in [3.05, 3.63) is 0 Å². The van der Waals surface area contributed by atoms with Crippen molar-refractivity contribution in [3.8, 4) is 0 Å². The van der Waals surface area contributed by atoms with Crippen molar-refractivity contribution in [2.45, 2.75) is 39.7 Å². The third kappa shape index (κ3) is 3.66. The maximum absolute atomic E-state index is 11.7. The van der Waals surface area contributed by atoms with Gasteiger partial charge in [-0.25, -0.2) is 0 Å². The van der Waals surface area contributed by atoms with E-state index in [0.29, 0.717) is 12.6 Å². The summed E-state index contributed by atoms with van der Waals surface area (Å²) in [6.07, 6.45) is 2.67. The Morgan fingerprint density at radius 2 is 2.14 bits per heavy atom. The average molecular weight is 198 g/mol. The van der Waals surface area contributed by atoms with E-state index in [1.54, 1.807) is 0 Å². The normalized spacial score (nSPS) is 16.0. The van der Waals surface area contributed by atoms with Gasteiger partial charge in [-0.3, -0.25) is 4.79 Å². The Balaban J connectivity index is 2.16. The third-order valence-electron chi connectivity index (χ3n) is 2.69. The van der Waals surface area contributed by atoms with E-state index in [0.717, 1.165) is 19.0 Å². The fourth-order valence-corrected chi connectivity index (χ4v) is 1.64. The number of likely N-dealkylation sites (N-methyl/N-ethyl adjacent to an activating group) is 1. The highest BCUT2D eigenvalue weighted by molar-refractivity contribution is 5.78. The molecular weight excluding hydrogens is 176 g/mol. The van der Waals surface area contributed by atoms with Gasteiger partial charge in [-0.2, -0.15) is 0 Å². The van der Waals surface area contributed by atoms with Crippen molar-refractivity contribution in [2.75, 3.05) is 19.6 Å². The van der Waals surface area contributed by atoms with E-state index in [-0.39, 0.29) is 5.91 Å². The van der Waals surface area contributed by atoms with Crippen LogP contribution in [0.1, 0.15) is 33.6 Å². The Morgan fingerprint density at radius 3 is 2.57 bits per heavy atom. The molecule has 0 atom stereocenters. The number of hydrogen-bond acceptors (Lipinski definition) is 2. The molecular formula is C11H22N2O. The number of rotatable bonds is 6. The van der Waals surface area contributed by atoms with Gasteiger partial charge in [-0.05, 0) is 46.1 Å². The highest BCUT2D eigenvalue weighted by Crippen LogP contribution is 2.27. The zero-order valence-corrected chi connectivity index (χ0v) is 9.55. The maximum Gasteiger partial charge on any atom is 0.236 e. The van der Waals surface area contributed by atoms with Crippen LogP contribution in [-0.2, 0) is 4.79 Å². The summed E-state index contributed by atoms with van der Waals surface area (Å²) in [6.45, 7) is 8.47. The molecule has 0 saturated heterocycles. The lowest BCUT2D eigenvalue weighted by atomic mass is 10.3. The molecule has 1 N–H and O–H groups in total. The van der Waals surface area contributed by atoms with E-state index in [9.17, 15) is 4.79 Å². The van der Waals surface area contributed by atoms with Gasteiger partial charge < -0.3 is 10.2 Å². The van der Waals surface area contributed by atoms with Gasteiger partial charge in [-0.15, -0.1) is 0 Å². The summed E-state index contributed by atoms with van der Waals surface area (Å²) in [7, 11) is 0. The molecule has 1 saturated carbocycles. The fraction of sp³-hybridized carbons (Fsp3) is 0.909. The number of carbonyl (C=O) groups is 1. The topological polar surface area (TPSA) is 32.3 Å². The van der Waals surface area contributed by atoms with Gasteiger partial charge in [0, 0.05) is 12.6 Å². The first-order valence-electron chi connectivity index (χ1n) is 5.65. The molecule has 0 heterocycles. The van der Waals surface area contributed by atoms with Crippen LogP contribution in [0, 0.1) is 5.92 Å². The van der Waals surface area contributed by atoms with E-state index >= 15 is 0 Å². The van der Waals surface area contributed by atoms with E-state index in [1.807, 2.05) is 11.8 Å². The van der Waals surface area contributed by atoms with Crippen LogP contribution in [0.5, 0.6) is 0 Å². The molecule has 0 spiro atoms.